The summed E-state index contributed by atoms with van der Waals surface area (Å²) in [6.07, 6.45) is 0.610. The first-order valence-electron chi connectivity index (χ1n) is 5.43. The number of anilines is 1. The molecule has 3 rings (SSSR count). The third kappa shape index (κ3) is 2.57. The maximum Gasteiger partial charge on any atom is 1.00 e. The maximum absolute atomic E-state index is 11.0. The van der Waals surface area contributed by atoms with Gasteiger partial charge in [-0.25, -0.2) is 8.42 Å². The van der Waals surface area contributed by atoms with Crippen LogP contribution in [-0.2, 0) is 16.5 Å². The Morgan fingerprint density at radius 3 is 2.21 bits per heavy atom. The van der Waals surface area contributed by atoms with Crippen molar-refractivity contribution in [3.63, 3.8) is 0 Å². The van der Waals surface area contributed by atoms with Crippen LogP contribution in [0, 0.1) is 0 Å². The van der Waals surface area contributed by atoms with E-state index in [0.29, 0.717) is 12.1 Å². The third-order valence-corrected chi connectivity index (χ3v) is 4.00. The van der Waals surface area contributed by atoms with E-state index in [1.165, 1.54) is 12.1 Å². The van der Waals surface area contributed by atoms with E-state index in [1.807, 2.05) is 18.2 Å². The van der Waals surface area contributed by atoms with E-state index in [-0.39, 0.29) is 34.5 Å². The van der Waals surface area contributed by atoms with Crippen molar-refractivity contribution in [2.75, 3.05) is 5.73 Å². The van der Waals surface area contributed by atoms with Crippen LogP contribution in [0.4, 0.5) is 5.69 Å². The average Bonchev–Trinajstić information content (AvgIpc) is 2.63. The first-order valence-corrected chi connectivity index (χ1v) is 6.83. The van der Waals surface area contributed by atoms with E-state index in [2.05, 4.69) is 0 Å². The number of hydrogen-bond acceptors (Lipinski definition) is 4. The first kappa shape index (κ1) is 14.6. The molecular formula is C13H10NNaO3S. The van der Waals surface area contributed by atoms with E-state index in [0.717, 1.165) is 22.3 Å². The van der Waals surface area contributed by atoms with Crippen molar-refractivity contribution >= 4 is 15.8 Å². The fraction of sp³-hybridized carbons (Fsp3) is 0.0769. The summed E-state index contributed by atoms with van der Waals surface area (Å²) in [7, 11) is -4.39. The smallest absolute Gasteiger partial charge is 0.744 e. The van der Waals surface area contributed by atoms with Crippen LogP contribution < -0.4 is 35.3 Å². The minimum atomic E-state index is -4.39. The van der Waals surface area contributed by atoms with Crippen molar-refractivity contribution in [3.8, 4) is 11.1 Å². The van der Waals surface area contributed by atoms with Crippen LogP contribution in [0.25, 0.3) is 11.1 Å². The molecule has 0 heterocycles. The Morgan fingerprint density at radius 1 is 1.00 bits per heavy atom. The molecule has 0 amide bonds. The number of nitrogen functional groups attached to an aromatic ring is 1. The van der Waals surface area contributed by atoms with Gasteiger partial charge in [-0.2, -0.15) is 0 Å². The number of fused-ring (bicyclic) bond motifs is 3. The van der Waals surface area contributed by atoms with Crippen LogP contribution in [-0.4, -0.2) is 13.0 Å². The van der Waals surface area contributed by atoms with Gasteiger partial charge in [-0.05, 0) is 52.9 Å². The number of hydrogen-bond donors (Lipinski definition) is 1. The van der Waals surface area contributed by atoms with Crippen molar-refractivity contribution in [3.05, 3.63) is 47.5 Å². The molecule has 2 aromatic rings. The van der Waals surface area contributed by atoms with Gasteiger partial charge < -0.3 is 10.3 Å². The summed E-state index contributed by atoms with van der Waals surface area (Å²) in [6, 6.07) is 10.1. The zero-order chi connectivity index (χ0) is 12.9. The summed E-state index contributed by atoms with van der Waals surface area (Å²) in [5, 5.41) is 0. The van der Waals surface area contributed by atoms with Gasteiger partial charge in [0.15, 0.2) is 0 Å². The van der Waals surface area contributed by atoms with Crippen LogP contribution >= 0.6 is 0 Å². The van der Waals surface area contributed by atoms with Crippen LogP contribution in [0.2, 0.25) is 0 Å². The van der Waals surface area contributed by atoms with E-state index in [9.17, 15) is 13.0 Å². The zero-order valence-electron chi connectivity index (χ0n) is 10.4. The Labute approximate surface area is 133 Å². The van der Waals surface area contributed by atoms with Gasteiger partial charge in [0, 0.05) is 5.69 Å². The van der Waals surface area contributed by atoms with E-state index < -0.39 is 10.1 Å². The second-order valence-electron chi connectivity index (χ2n) is 4.37. The molecule has 0 bridgehead atoms. The molecular weight excluding hydrogens is 273 g/mol. The quantitative estimate of drug-likeness (QED) is 0.343. The monoisotopic (exact) mass is 283 g/mol. The Hall–Kier alpha value is -0.850. The molecule has 0 saturated heterocycles. The second kappa shape index (κ2) is 4.92. The predicted octanol–water partition coefficient (Wildman–Crippen LogP) is -1.25. The standard InChI is InChI=1S/C13H11NO3S.Na/c14-10-1-3-12-8(6-10)5-9-7-11(18(15,16)17)2-4-13(9)12;/h1-4,6-7H,5,14H2,(H,15,16,17);/q;+1/p-1. The summed E-state index contributed by atoms with van der Waals surface area (Å²) in [6.45, 7) is 0. The molecule has 19 heavy (non-hydrogen) atoms. The molecule has 0 spiro atoms. The molecule has 0 fully saturated rings. The third-order valence-electron chi connectivity index (χ3n) is 3.17. The summed E-state index contributed by atoms with van der Waals surface area (Å²) >= 11 is 0. The molecule has 0 aromatic heterocycles. The van der Waals surface area contributed by atoms with Gasteiger partial charge in [-0.1, -0.05) is 12.1 Å². The van der Waals surface area contributed by atoms with Gasteiger partial charge in [-0.3, -0.25) is 0 Å². The van der Waals surface area contributed by atoms with E-state index >= 15 is 0 Å². The van der Waals surface area contributed by atoms with Gasteiger partial charge in [0.05, 0.1) is 4.90 Å². The zero-order valence-corrected chi connectivity index (χ0v) is 13.2. The van der Waals surface area contributed by atoms with Gasteiger partial charge in [0.25, 0.3) is 0 Å². The van der Waals surface area contributed by atoms with Crippen molar-refractivity contribution in [1.82, 2.24) is 0 Å². The molecule has 0 aliphatic heterocycles. The second-order valence-corrected chi connectivity index (χ2v) is 5.75. The number of benzene rings is 2. The summed E-state index contributed by atoms with van der Waals surface area (Å²) in [4.78, 5) is -0.179. The van der Waals surface area contributed by atoms with E-state index in [4.69, 9.17) is 5.73 Å². The fourth-order valence-corrected chi connectivity index (χ4v) is 2.88. The van der Waals surface area contributed by atoms with Crippen LogP contribution in [0.5, 0.6) is 0 Å². The minimum Gasteiger partial charge on any atom is -0.744 e. The molecule has 92 valence electrons. The molecule has 2 N–H and O–H groups in total. The Kier molecular flexibility index (Phi) is 3.77. The fourth-order valence-electron chi connectivity index (χ4n) is 2.36. The molecule has 1 aliphatic rings. The number of rotatable bonds is 1. The van der Waals surface area contributed by atoms with Gasteiger partial charge >= 0.3 is 29.6 Å². The first-order chi connectivity index (χ1) is 8.45. The average molecular weight is 283 g/mol. The van der Waals surface area contributed by atoms with Crippen molar-refractivity contribution in [2.45, 2.75) is 11.3 Å². The minimum absolute atomic E-state index is 0. The van der Waals surface area contributed by atoms with Gasteiger partial charge in [0.1, 0.15) is 10.1 Å². The predicted molar refractivity (Wildman–Crippen MR) is 67.1 cm³/mol. The Morgan fingerprint density at radius 2 is 1.58 bits per heavy atom. The molecule has 0 atom stereocenters. The summed E-state index contributed by atoms with van der Waals surface area (Å²) < 4.78 is 33.0. The maximum atomic E-state index is 11.0. The molecule has 6 heteroatoms. The Balaban J connectivity index is 0.00000133. The van der Waals surface area contributed by atoms with Crippen LogP contribution in [0.15, 0.2) is 41.3 Å². The molecule has 4 nitrogen and oxygen atoms in total. The largest absolute Gasteiger partial charge is 1.00 e. The molecule has 2 aromatic carbocycles. The van der Waals surface area contributed by atoms with Crippen molar-refractivity contribution in [1.29, 1.82) is 0 Å². The van der Waals surface area contributed by atoms with Crippen molar-refractivity contribution in [2.24, 2.45) is 0 Å². The summed E-state index contributed by atoms with van der Waals surface area (Å²) in [5.74, 6) is 0. The van der Waals surface area contributed by atoms with Crippen LogP contribution in [0.1, 0.15) is 11.1 Å². The SMILES string of the molecule is Nc1ccc2c(c1)Cc1cc(S(=O)(=O)[O-])ccc1-2.[Na+]. The van der Waals surface area contributed by atoms with Crippen molar-refractivity contribution < 1.29 is 42.5 Å². The van der Waals surface area contributed by atoms with Crippen LogP contribution in [0.3, 0.4) is 0 Å². The summed E-state index contributed by atoms with van der Waals surface area (Å²) in [5.41, 5.74) is 10.3. The van der Waals surface area contributed by atoms with E-state index in [1.54, 1.807) is 6.07 Å². The van der Waals surface area contributed by atoms with Gasteiger partial charge in [0.2, 0.25) is 0 Å². The molecule has 0 radical (unpaired) electrons. The van der Waals surface area contributed by atoms with Gasteiger partial charge in [-0.15, -0.1) is 0 Å². The molecule has 1 aliphatic carbocycles. The topological polar surface area (TPSA) is 83.2 Å². The number of nitrogens with two attached hydrogens (primary N) is 1. The normalized spacial score (nSPS) is 12.5. The molecule has 0 saturated carbocycles. The molecule has 0 unspecified atom stereocenters. The Bertz CT molecular complexity index is 756.